The summed E-state index contributed by atoms with van der Waals surface area (Å²) in [5.74, 6) is 0.935. The molecule has 0 aromatic carbocycles. The van der Waals surface area contributed by atoms with Gasteiger partial charge in [0.1, 0.15) is 22.2 Å². The molecule has 0 spiro atoms. The molecule has 0 aliphatic carbocycles. The number of halogens is 3. The van der Waals surface area contributed by atoms with E-state index in [-0.39, 0.29) is 17.4 Å². The Morgan fingerprint density at radius 2 is 2.26 bits per heavy atom. The van der Waals surface area contributed by atoms with Crippen molar-refractivity contribution in [3.05, 3.63) is 33.5 Å². The number of thiazole rings is 1. The van der Waals surface area contributed by atoms with Gasteiger partial charge in [-0.2, -0.15) is 5.10 Å². The molecule has 3 aromatic rings. The molecule has 3 aromatic heterocycles. The van der Waals surface area contributed by atoms with E-state index in [2.05, 4.69) is 36.1 Å². The first-order chi connectivity index (χ1) is 12.9. The van der Waals surface area contributed by atoms with Crippen LogP contribution in [0.3, 0.4) is 0 Å². The van der Waals surface area contributed by atoms with Crippen LogP contribution in [0.2, 0.25) is 0 Å². The Bertz CT molecular complexity index is 997. The van der Waals surface area contributed by atoms with Crippen molar-refractivity contribution >= 4 is 33.0 Å². The highest BCUT2D eigenvalue weighted by molar-refractivity contribution is 9.10. The summed E-state index contributed by atoms with van der Waals surface area (Å²) in [6.07, 6.45) is 0.712. The molecule has 11 heteroatoms. The third-order valence-corrected chi connectivity index (χ3v) is 5.83. The zero-order chi connectivity index (χ0) is 19.1. The molecule has 1 aliphatic rings. The monoisotopic (exact) mass is 456 g/mol. The van der Waals surface area contributed by atoms with Gasteiger partial charge in [0.2, 0.25) is 4.73 Å². The van der Waals surface area contributed by atoms with Gasteiger partial charge in [0, 0.05) is 31.8 Å². The first kappa shape index (κ1) is 18.4. The molecule has 1 unspecified atom stereocenters. The van der Waals surface area contributed by atoms with E-state index in [4.69, 9.17) is 0 Å². The van der Waals surface area contributed by atoms with Crippen LogP contribution in [-0.4, -0.2) is 35.3 Å². The Morgan fingerprint density at radius 3 is 3.00 bits per heavy atom. The predicted octanol–water partition coefficient (Wildman–Crippen LogP) is 3.67. The van der Waals surface area contributed by atoms with E-state index < -0.39 is 6.43 Å². The molecule has 0 fully saturated rings. The van der Waals surface area contributed by atoms with Gasteiger partial charge in [-0.1, -0.05) is 0 Å². The molecule has 0 amide bonds. The van der Waals surface area contributed by atoms with Crippen molar-refractivity contribution in [2.45, 2.75) is 32.2 Å². The van der Waals surface area contributed by atoms with Crippen LogP contribution < -0.4 is 0 Å². The third-order valence-electron chi connectivity index (χ3n) is 4.60. The zero-order valence-corrected chi connectivity index (χ0v) is 16.7. The number of carbonyl (C=O) groups excluding carboxylic acids is 1. The van der Waals surface area contributed by atoms with E-state index in [0.29, 0.717) is 40.4 Å². The molecule has 4 rings (SSSR count). The SMILES string of the molecule is Cn1ncc(-c2nc(C(F)F)cs2)c1C(=O)CC1CCn2nc(Br)nc2C1. The molecule has 0 saturated carbocycles. The van der Waals surface area contributed by atoms with Crippen molar-refractivity contribution in [1.82, 2.24) is 29.5 Å². The number of ketones is 1. The first-order valence-electron chi connectivity index (χ1n) is 8.30. The van der Waals surface area contributed by atoms with E-state index >= 15 is 0 Å². The predicted molar refractivity (Wildman–Crippen MR) is 97.8 cm³/mol. The highest BCUT2D eigenvalue weighted by Gasteiger charge is 2.27. The fourth-order valence-electron chi connectivity index (χ4n) is 3.31. The minimum atomic E-state index is -2.63. The second-order valence-corrected chi connectivity index (χ2v) is 7.98. The molecule has 7 nitrogen and oxygen atoms in total. The Balaban J connectivity index is 1.55. The number of Topliss-reactive ketones (excluding diaryl/α,β-unsaturated/α-hetero) is 1. The zero-order valence-electron chi connectivity index (χ0n) is 14.3. The Hall–Kier alpha value is -2.01. The maximum atomic E-state index is 13.0. The number of rotatable bonds is 5. The molecule has 27 heavy (non-hydrogen) atoms. The van der Waals surface area contributed by atoms with Crippen molar-refractivity contribution < 1.29 is 13.6 Å². The average molecular weight is 457 g/mol. The van der Waals surface area contributed by atoms with Gasteiger partial charge in [-0.05, 0) is 28.3 Å². The summed E-state index contributed by atoms with van der Waals surface area (Å²) in [6.45, 7) is 0.717. The second kappa shape index (κ2) is 7.19. The number of hydrogen-bond acceptors (Lipinski definition) is 6. The van der Waals surface area contributed by atoms with Crippen molar-refractivity contribution in [1.29, 1.82) is 0 Å². The lowest BCUT2D eigenvalue weighted by Crippen LogP contribution is -2.23. The number of fused-ring (bicyclic) bond motifs is 1. The van der Waals surface area contributed by atoms with Crippen LogP contribution in [0.25, 0.3) is 10.6 Å². The summed E-state index contributed by atoms with van der Waals surface area (Å²) in [4.78, 5) is 21.2. The van der Waals surface area contributed by atoms with Crippen LogP contribution in [0, 0.1) is 5.92 Å². The largest absolute Gasteiger partial charge is 0.292 e. The number of carbonyl (C=O) groups is 1. The number of aryl methyl sites for hydroxylation is 2. The van der Waals surface area contributed by atoms with Crippen molar-refractivity contribution in [2.75, 3.05) is 0 Å². The number of nitrogens with zero attached hydrogens (tertiary/aromatic N) is 6. The Morgan fingerprint density at radius 1 is 1.44 bits per heavy atom. The first-order valence-corrected chi connectivity index (χ1v) is 9.98. The summed E-state index contributed by atoms with van der Waals surface area (Å²) < 4.78 is 29.6. The van der Waals surface area contributed by atoms with Gasteiger partial charge in [-0.3, -0.25) is 9.48 Å². The fourth-order valence-corrected chi connectivity index (χ4v) is 4.53. The average Bonchev–Trinajstić information content (AvgIpc) is 3.31. The van der Waals surface area contributed by atoms with Crippen LogP contribution in [0.4, 0.5) is 8.78 Å². The van der Waals surface area contributed by atoms with Crippen LogP contribution in [0.5, 0.6) is 0 Å². The lowest BCUT2D eigenvalue weighted by atomic mass is 9.91. The topological polar surface area (TPSA) is 78.5 Å². The summed E-state index contributed by atoms with van der Waals surface area (Å²) >= 11 is 4.36. The van der Waals surface area contributed by atoms with Gasteiger partial charge in [0.25, 0.3) is 6.43 Å². The molecule has 1 atom stereocenters. The molecule has 1 aliphatic heterocycles. The van der Waals surface area contributed by atoms with Gasteiger partial charge >= 0.3 is 0 Å². The normalized spacial score (nSPS) is 16.7. The maximum absolute atomic E-state index is 13.0. The molecule has 0 bridgehead atoms. The minimum absolute atomic E-state index is 0.0733. The van der Waals surface area contributed by atoms with Crippen LogP contribution >= 0.6 is 27.3 Å². The molecule has 0 saturated heterocycles. The van der Waals surface area contributed by atoms with Gasteiger partial charge in [-0.25, -0.2) is 23.4 Å². The van der Waals surface area contributed by atoms with E-state index in [1.807, 2.05) is 4.68 Å². The van der Waals surface area contributed by atoms with Crippen LogP contribution in [-0.2, 0) is 20.0 Å². The van der Waals surface area contributed by atoms with Crippen LogP contribution in [0.15, 0.2) is 16.3 Å². The number of aromatic nitrogens is 6. The standard InChI is InChI=1S/C16H15BrF2N6OS/c1-24-13(9(6-20-24)15-21-10(7-27-15)14(18)19)11(26)4-8-2-3-25-12(5-8)22-16(17)23-25/h6-8,14H,2-5H2,1H3. The lowest BCUT2D eigenvalue weighted by Gasteiger charge is -2.21. The second-order valence-electron chi connectivity index (χ2n) is 6.42. The van der Waals surface area contributed by atoms with E-state index in [0.717, 1.165) is 23.6 Å². The van der Waals surface area contributed by atoms with Crippen molar-refractivity contribution in [3.8, 4) is 10.6 Å². The van der Waals surface area contributed by atoms with E-state index in [1.165, 1.54) is 16.3 Å². The lowest BCUT2D eigenvalue weighted by molar-refractivity contribution is 0.0944. The van der Waals surface area contributed by atoms with Gasteiger partial charge < -0.3 is 0 Å². The molecule has 4 heterocycles. The van der Waals surface area contributed by atoms with E-state index in [9.17, 15) is 13.6 Å². The smallest absolute Gasteiger partial charge is 0.281 e. The highest BCUT2D eigenvalue weighted by Crippen LogP contribution is 2.32. The van der Waals surface area contributed by atoms with E-state index in [1.54, 1.807) is 7.05 Å². The third kappa shape index (κ3) is 3.57. The molecule has 142 valence electrons. The summed E-state index contributed by atoms with van der Waals surface area (Å²) in [7, 11) is 1.67. The summed E-state index contributed by atoms with van der Waals surface area (Å²) in [6, 6.07) is 0. The quantitative estimate of drug-likeness (QED) is 0.547. The summed E-state index contributed by atoms with van der Waals surface area (Å²) in [5.41, 5.74) is 0.619. The molecular formula is C16H15BrF2N6OS. The van der Waals surface area contributed by atoms with Crippen LogP contribution in [0.1, 0.15) is 41.3 Å². The van der Waals surface area contributed by atoms with Gasteiger partial charge in [-0.15, -0.1) is 16.4 Å². The minimum Gasteiger partial charge on any atom is -0.292 e. The van der Waals surface area contributed by atoms with Crippen molar-refractivity contribution in [3.63, 3.8) is 0 Å². The molecular weight excluding hydrogens is 442 g/mol. The number of alkyl halides is 2. The van der Waals surface area contributed by atoms with Crippen molar-refractivity contribution in [2.24, 2.45) is 13.0 Å². The summed E-state index contributed by atoms with van der Waals surface area (Å²) in [5, 5.41) is 10.1. The fraction of sp³-hybridized carbons (Fsp3) is 0.438. The van der Waals surface area contributed by atoms with Gasteiger partial charge in [0.05, 0.1) is 11.8 Å². The Labute approximate surface area is 165 Å². The molecule has 0 N–H and O–H groups in total. The Kier molecular flexibility index (Phi) is 4.89. The number of hydrogen-bond donors (Lipinski definition) is 0. The highest BCUT2D eigenvalue weighted by atomic mass is 79.9. The molecule has 0 radical (unpaired) electrons. The van der Waals surface area contributed by atoms with Gasteiger partial charge in [0.15, 0.2) is 5.78 Å². The maximum Gasteiger partial charge on any atom is 0.281 e.